The first-order valence-electron chi connectivity index (χ1n) is 8.12. The van der Waals surface area contributed by atoms with E-state index in [1.165, 1.54) is 18.7 Å². The molecule has 1 fully saturated rings. The zero-order valence-corrected chi connectivity index (χ0v) is 13.4. The molecule has 0 amide bonds. The van der Waals surface area contributed by atoms with Crippen LogP contribution in [0.1, 0.15) is 30.0 Å². The van der Waals surface area contributed by atoms with Gasteiger partial charge in [0.2, 0.25) is 0 Å². The average molecular weight is 314 g/mol. The molecule has 23 heavy (non-hydrogen) atoms. The Morgan fingerprint density at radius 3 is 2.78 bits per heavy atom. The summed E-state index contributed by atoms with van der Waals surface area (Å²) in [5, 5.41) is 7.17. The van der Waals surface area contributed by atoms with Gasteiger partial charge in [0.15, 0.2) is 11.6 Å². The van der Waals surface area contributed by atoms with Gasteiger partial charge in [-0.05, 0) is 31.0 Å². The molecule has 0 spiro atoms. The van der Waals surface area contributed by atoms with E-state index in [0.29, 0.717) is 18.3 Å². The van der Waals surface area contributed by atoms with Crippen LogP contribution in [-0.4, -0.2) is 19.7 Å². The van der Waals surface area contributed by atoms with Gasteiger partial charge >= 0.3 is 0 Å². The van der Waals surface area contributed by atoms with E-state index in [0.717, 1.165) is 24.9 Å². The van der Waals surface area contributed by atoms with Gasteiger partial charge < -0.3 is 15.4 Å². The van der Waals surface area contributed by atoms with E-state index in [1.807, 2.05) is 12.1 Å². The molecule has 0 unspecified atom stereocenters. The van der Waals surface area contributed by atoms with Crippen LogP contribution < -0.4 is 15.4 Å². The SMILES string of the molecule is COc1c(F)cccc1CN[C@@H]1CCCN[C@@H]1c1ccccc1. The second kappa shape index (κ2) is 7.57. The second-order valence-corrected chi connectivity index (χ2v) is 5.90. The molecule has 0 saturated carbocycles. The Hall–Kier alpha value is -1.91. The minimum atomic E-state index is -0.312. The monoisotopic (exact) mass is 314 g/mol. The number of benzene rings is 2. The summed E-state index contributed by atoms with van der Waals surface area (Å²) < 4.78 is 19.0. The molecule has 122 valence electrons. The lowest BCUT2D eigenvalue weighted by Gasteiger charge is -2.34. The van der Waals surface area contributed by atoms with Crippen LogP contribution in [0, 0.1) is 5.82 Å². The Morgan fingerprint density at radius 2 is 2.00 bits per heavy atom. The smallest absolute Gasteiger partial charge is 0.165 e. The van der Waals surface area contributed by atoms with E-state index in [2.05, 4.69) is 34.9 Å². The van der Waals surface area contributed by atoms with Crippen molar-refractivity contribution in [3.63, 3.8) is 0 Å². The first-order valence-corrected chi connectivity index (χ1v) is 8.12. The lowest BCUT2D eigenvalue weighted by atomic mass is 9.92. The molecule has 2 atom stereocenters. The van der Waals surface area contributed by atoms with Gasteiger partial charge in [-0.3, -0.25) is 0 Å². The van der Waals surface area contributed by atoms with Crippen molar-refractivity contribution in [3.05, 3.63) is 65.5 Å². The minimum absolute atomic E-state index is 0.282. The summed E-state index contributed by atoms with van der Waals surface area (Å²) in [7, 11) is 1.51. The zero-order chi connectivity index (χ0) is 16.1. The van der Waals surface area contributed by atoms with Crippen LogP contribution in [0.15, 0.2) is 48.5 Å². The van der Waals surface area contributed by atoms with E-state index in [-0.39, 0.29) is 11.9 Å². The number of hydrogen-bond acceptors (Lipinski definition) is 3. The van der Waals surface area contributed by atoms with E-state index in [4.69, 9.17) is 4.74 Å². The molecule has 3 rings (SSSR count). The van der Waals surface area contributed by atoms with Crippen molar-refractivity contribution in [1.82, 2.24) is 10.6 Å². The van der Waals surface area contributed by atoms with E-state index >= 15 is 0 Å². The summed E-state index contributed by atoms with van der Waals surface area (Å²) in [6.07, 6.45) is 2.24. The van der Waals surface area contributed by atoms with Crippen molar-refractivity contribution in [3.8, 4) is 5.75 Å². The van der Waals surface area contributed by atoms with Crippen molar-refractivity contribution in [2.24, 2.45) is 0 Å². The molecule has 2 aromatic carbocycles. The Labute approximate surface area is 136 Å². The molecule has 2 N–H and O–H groups in total. The zero-order valence-electron chi connectivity index (χ0n) is 13.4. The fourth-order valence-electron chi connectivity index (χ4n) is 3.28. The summed E-state index contributed by atoms with van der Waals surface area (Å²) in [5.41, 5.74) is 2.14. The third-order valence-electron chi connectivity index (χ3n) is 4.42. The van der Waals surface area contributed by atoms with Crippen LogP contribution in [0.5, 0.6) is 5.75 Å². The Balaban J connectivity index is 1.72. The number of para-hydroxylation sites is 1. The molecule has 1 saturated heterocycles. The van der Waals surface area contributed by atoms with Gasteiger partial charge in [-0.25, -0.2) is 4.39 Å². The molecule has 3 nitrogen and oxygen atoms in total. The number of ether oxygens (including phenoxy) is 1. The maximum absolute atomic E-state index is 13.8. The molecule has 0 aliphatic carbocycles. The minimum Gasteiger partial charge on any atom is -0.493 e. The van der Waals surface area contributed by atoms with Crippen LogP contribution in [0.4, 0.5) is 4.39 Å². The van der Waals surface area contributed by atoms with Crippen LogP contribution in [0.3, 0.4) is 0 Å². The molecular formula is C19H23FN2O. The summed E-state index contributed by atoms with van der Waals surface area (Å²) in [4.78, 5) is 0. The second-order valence-electron chi connectivity index (χ2n) is 5.90. The third-order valence-corrected chi connectivity index (χ3v) is 4.42. The predicted molar refractivity (Wildman–Crippen MR) is 90.0 cm³/mol. The first kappa shape index (κ1) is 16.0. The largest absolute Gasteiger partial charge is 0.493 e. The number of nitrogens with one attached hydrogen (secondary N) is 2. The summed E-state index contributed by atoms with van der Waals surface area (Å²) in [6, 6.07) is 16.1. The summed E-state index contributed by atoms with van der Waals surface area (Å²) in [5.74, 6) is 0.0215. The highest BCUT2D eigenvalue weighted by Crippen LogP contribution is 2.26. The van der Waals surface area contributed by atoms with Gasteiger partial charge in [-0.15, -0.1) is 0 Å². The molecule has 0 radical (unpaired) electrons. The van der Waals surface area contributed by atoms with Crippen molar-refractivity contribution in [2.45, 2.75) is 31.5 Å². The van der Waals surface area contributed by atoms with Crippen molar-refractivity contribution < 1.29 is 9.13 Å². The van der Waals surface area contributed by atoms with Gasteiger partial charge in [0.1, 0.15) is 0 Å². The predicted octanol–water partition coefficient (Wildman–Crippen LogP) is 3.42. The molecule has 1 aliphatic heterocycles. The van der Waals surface area contributed by atoms with Gasteiger partial charge in [-0.1, -0.05) is 42.5 Å². The Kier molecular flexibility index (Phi) is 5.26. The topological polar surface area (TPSA) is 33.3 Å². The van der Waals surface area contributed by atoms with Gasteiger partial charge in [0.05, 0.1) is 7.11 Å². The Morgan fingerprint density at radius 1 is 1.17 bits per heavy atom. The fraction of sp³-hybridized carbons (Fsp3) is 0.368. The number of halogens is 1. The highest BCUT2D eigenvalue weighted by Gasteiger charge is 2.25. The molecule has 1 aliphatic rings. The van der Waals surface area contributed by atoms with Crippen LogP contribution >= 0.6 is 0 Å². The summed E-state index contributed by atoms with van der Waals surface area (Å²) in [6.45, 7) is 1.62. The van der Waals surface area contributed by atoms with E-state index < -0.39 is 0 Å². The maximum atomic E-state index is 13.8. The number of hydrogen-bond donors (Lipinski definition) is 2. The normalized spacial score (nSPS) is 21.1. The van der Waals surface area contributed by atoms with Crippen LogP contribution in [-0.2, 0) is 6.54 Å². The first-order chi connectivity index (χ1) is 11.3. The quantitative estimate of drug-likeness (QED) is 0.887. The van der Waals surface area contributed by atoms with E-state index in [9.17, 15) is 4.39 Å². The van der Waals surface area contributed by atoms with Crippen LogP contribution in [0.2, 0.25) is 0 Å². The maximum Gasteiger partial charge on any atom is 0.165 e. The van der Waals surface area contributed by atoms with Crippen molar-refractivity contribution in [1.29, 1.82) is 0 Å². The molecule has 4 heteroatoms. The van der Waals surface area contributed by atoms with Gasteiger partial charge in [0.25, 0.3) is 0 Å². The van der Waals surface area contributed by atoms with E-state index in [1.54, 1.807) is 6.07 Å². The Bertz CT molecular complexity index is 633. The number of methoxy groups -OCH3 is 1. The number of rotatable bonds is 5. The third kappa shape index (κ3) is 3.71. The lowest BCUT2D eigenvalue weighted by Crippen LogP contribution is -2.45. The molecule has 2 aromatic rings. The van der Waals surface area contributed by atoms with Crippen molar-refractivity contribution >= 4 is 0 Å². The van der Waals surface area contributed by atoms with Gasteiger partial charge in [0, 0.05) is 24.2 Å². The van der Waals surface area contributed by atoms with Crippen LogP contribution in [0.25, 0.3) is 0 Å². The molecule has 1 heterocycles. The highest BCUT2D eigenvalue weighted by molar-refractivity contribution is 5.35. The number of piperidine rings is 1. The average Bonchev–Trinajstić information content (AvgIpc) is 2.61. The highest BCUT2D eigenvalue weighted by atomic mass is 19.1. The van der Waals surface area contributed by atoms with Crippen molar-refractivity contribution in [2.75, 3.05) is 13.7 Å². The standard InChI is InChI=1S/C19H23FN2O/c1-23-19-15(9-5-10-16(19)20)13-22-17-11-6-12-21-18(17)14-7-3-2-4-8-14/h2-5,7-10,17-18,21-22H,6,11-13H2,1H3/t17-,18-/m1/s1. The molecule has 0 bridgehead atoms. The molecular weight excluding hydrogens is 291 g/mol. The lowest BCUT2D eigenvalue weighted by molar-refractivity contribution is 0.302. The molecule has 0 aromatic heterocycles. The fourth-order valence-corrected chi connectivity index (χ4v) is 3.28. The summed E-state index contributed by atoms with van der Waals surface area (Å²) >= 11 is 0. The van der Waals surface area contributed by atoms with Gasteiger partial charge in [-0.2, -0.15) is 0 Å².